The van der Waals surface area contributed by atoms with Gasteiger partial charge in [0.2, 0.25) is 5.91 Å². The summed E-state index contributed by atoms with van der Waals surface area (Å²) in [4.78, 5) is 26.4. The van der Waals surface area contributed by atoms with Crippen molar-refractivity contribution in [3.8, 4) is 0 Å². The first-order chi connectivity index (χ1) is 10.0. The molecule has 2 heterocycles. The number of urea groups is 1. The summed E-state index contributed by atoms with van der Waals surface area (Å²) in [5.41, 5.74) is 1.34. The number of anilines is 1. The van der Waals surface area contributed by atoms with Crippen LogP contribution in [0, 0.1) is 5.92 Å². The maximum atomic E-state index is 12.4. The molecule has 2 aliphatic rings. The van der Waals surface area contributed by atoms with E-state index in [0.29, 0.717) is 32.0 Å². The van der Waals surface area contributed by atoms with Crippen molar-refractivity contribution in [3.05, 3.63) is 29.8 Å². The maximum Gasteiger partial charge on any atom is 0.317 e. The average molecular weight is 287 g/mol. The minimum atomic E-state index is -0.564. The predicted octanol–water partition coefficient (Wildman–Crippen LogP) is 1.95. The van der Waals surface area contributed by atoms with Gasteiger partial charge in [0.15, 0.2) is 0 Å². The number of nitrogens with one attached hydrogen (secondary N) is 2. The standard InChI is InChI=1S/C16H21N3O2/c1-11(2)9-17-15(21)19-8-7-16(10-19)12-5-3-4-6-13(12)18-14(16)20/h3-6,11H,7-10H2,1-2H3,(H,17,21)(H,18,20). The van der Waals surface area contributed by atoms with Crippen molar-refractivity contribution in [1.82, 2.24) is 10.2 Å². The number of amides is 3. The van der Waals surface area contributed by atoms with Crippen LogP contribution in [0.25, 0.3) is 0 Å². The molecule has 2 N–H and O–H groups in total. The van der Waals surface area contributed by atoms with E-state index < -0.39 is 5.41 Å². The summed E-state index contributed by atoms with van der Waals surface area (Å²) in [7, 11) is 0. The summed E-state index contributed by atoms with van der Waals surface area (Å²) in [6, 6.07) is 7.70. The van der Waals surface area contributed by atoms with Gasteiger partial charge in [-0.1, -0.05) is 32.0 Å². The van der Waals surface area contributed by atoms with Crippen molar-refractivity contribution in [2.75, 3.05) is 25.0 Å². The molecule has 112 valence electrons. The van der Waals surface area contributed by atoms with E-state index in [1.807, 2.05) is 24.3 Å². The van der Waals surface area contributed by atoms with Crippen LogP contribution < -0.4 is 10.6 Å². The largest absolute Gasteiger partial charge is 0.338 e. The second kappa shape index (κ2) is 5.06. The first-order valence-electron chi connectivity index (χ1n) is 7.47. The minimum Gasteiger partial charge on any atom is -0.338 e. The van der Waals surface area contributed by atoms with Gasteiger partial charge in [-0.25, -0.2) is 4.79 Å². The fraction of sp³-hybridized carbons (Fsp3) is 0.500. The van der Waals surface area contributed by atoms with Crippen LogP contribution in [-0.2, 0) is 10.2 Å². The zero-order valence-electron chi connectivity index (χ0n) is 12.5. The number of likely N-dealkylation sites (tertiary alicyclic amines) is 1. The van der Waals surface area contributed by atoms with Crippen LogP contribution >= 0.6 is 0 Å². The number of hydrogen-bond acceptors (Lipinski definition) is 2. The summed E-state index contributed by atoms with van der Waals surface area (Å²) in [5, 5.41) is 5.87. The van der Waals surface area contributed by atoms with E-state index >= 15 is 0 Å². The molecule has 1 spiro atoms. The van der Waals surface area contributed by atoms with Gasteiger partial charge in [-0.15, -0.1) is 0 Å². The van der Waals surface area contributed by atoms with E-state index in [1.54, 1.807) is 4.90 Å². The normalized spacial score (nSPS) is 23.6. The number of rotatable bonds is 2. The molecular weight excluding hydrogens is 266 g/mol. The number of nitrogens with zero attached hydrogens (tertiary/aromatic N) is 1. The third-order valence-electron chi connectivity index (χ3n) is 4.34. The van der Waals surface area contributed by atoms with Crippen LogP contribution in [0.2, 0.25) is 0 Å². The summed E-state index contributed by atoms with van der Waals surface area (Å²) < 4.78 is 0. The van der Waals surface area contributed by atoms with Gasteiger partial charge >= 0.3 is 6.03 Å². The quantitative estimate of drug-likeness (QED) is 0.873. The van der Waals surface area contributed by atoms with Crippen LogP contribution in [0.4, 0.5) is 10.5 Å². The molecule has 0 bridgehead atoms. The molecule has 1 unspecified atom stereocenters. The zero-order valence-corrected chi connectivity index (χ0v) is 12.5. The fourth-order valence-corrected chi connectivity index (χ4v) is 3.17. The molecule has 3 amide bonds. The van der Waals surface area contributed by atoms with Crippen molar-refractivity contribution in [1.29, 1.82) is 0 Å². The first kappa shape index (κ1) is 13.9. The molecule has 1 aromatic carbocycles. The number of carbonyl (C=O) groups excluding carboxylic acids is 2. The Morgan fingerprint density at radius 1 is 1.43 bits per heavy atom. The summed E-state index contributed by atoms with van der Waals surface area (Å²) in [5.74, 6) is 0.434. The maximum absolute atomic E-state index is 12.4. The van der Waals surface area contributed by atoms with E-state index in [2.05, 4.69) is 24.5 Å². The van der Waals surface area contributed by atoms with Gasteiger partial charge in [0.1, 0.15) is 0 Å². The average Bonchev–Trinajstić information content (AvgIpc) is 3.02. The highest BCUT2D eigenvalue weighted by molar-refractivity contribution is 6.07. The molecule has 0 aromatic heterocycles. The number of benzene rings is 1. The smallest absolute Gasteiger partial charge is 0.317 e. The second-order valence-electron chi connectivity index (χ2n) is 6.33. The van der Waals surface area contributed by atoms with Crippen LogP contribution in [0.1, 0.15) is 25.8 Å². The lowest BCUT2D eigenvalue weighted by Gasteiger charge is -2.23. The lowest BCUT2D eigenvalue weighted by Crippen LogP contribution is -2.43. The van der Waals surface area contributed by atoms with Crippen LogP contribution in [0.15, 0.2) is 24.3 Å². The number of carbonyl (C=O) groups is 2. The minimum absolute atomic E-state index is 0.0165. The van der Waals surface area contributed by atoms with Crippen molar-refractivity contribution in [2.45, 2.75) is 25.7 Å². The number of fused-ring (bicyclic) bond motifs is 2. The van der Waals surface area contributed by atoms with E-state index in [-0.39, 0.29) is 11.9 Å². The molecule has 5 nitrogen and oxygen atoms in total. The van der Waals surface area contributed by atoms with Gasteiger partial charge in [-0.2, -0.15) is 0 Å². The monoisotopic (exact) mass is 287 g/mol. The molecule has 0 radical (unpaired) electrons. The molecule has 3 rings (SSSR count). The van der Waals surface area contributed by atoms with Gasteiger partial charge in [0.25, 0.3) is 0 Å². The van der Waals surface area contributed by atoms with Gasteiger partial charge in [-0.05, 0) is 24.0 Å². The Hall–Kier alpha value is -2.04. The van der Waals surface area contributed by atoms with Crippen molar-refractivity contribution >= 4 is 17.6 Å². The summed E-state index contributed by atoms with van der Waals surface area (Å²) in [6.45, 7) is 5.86. The van der Waals surface area contributed by atoms with E-state index in [1.165, 1.54) is 0 Å². The number of para-hydroxylation sites is 1. The molecule has 0 aliphatic carbocycles. The van der Waals surface area contributed by atoms with E-state index in [0.717, 1.165) is 11.3 Å². The Morgan fingerprint density at radius 2 is 2.19 bits per heavy atom. The molecule has 1 saturated heterocycles. The zero-order chi connectivity index (χ0) is 15.0. The topological polar surface area (TPSA) is 61.4 Å². The second-order valence-corrected chi connectivity index (χ2v) is 6.33. The number of hydrogen-bond donors (Lipinski definition) is 2. The highest BCUT2D eigenvalue weighted by Crippen LogP contribution is 2.43. The highest BCUT2D eigenvalue weighted by Gasteiger charge is 2.51. The Labute approximate surface area is 124 Å². The SMILES string of the molecule is CC(C)CNC(=O)N1CCC2(C1)C(=O)Nc1ccccc12. The fourth-order valence-electron chi connectivity index (χ4n) is 3.17. The van der Waals surface area contributed by atoms with Gasteiger partial charge in [0, 0.05) is 25.3 Å². The summed E-state index contributed by atoms with van der Waals surface area (Å²) in [6.07, 6.45) is 0.685. The predicted molar refractivity (Wildman–Crippen MR) is 81.2 cm³/mol. The Kier molecular flexibility index (Phi) is 3.35. The molecule has 1 aromatic rings. The van der Waals surface area contributed by atoms with Gasteiger partial charge < -0.3 is 15.5 Å². The Balaban J connectivity index is 1.77. The van der Waals surface area contributed by atoms with Crippen LogP contribution in [-0.4, -0.2) is 36.5 Å². The third-order valence-corrected chi connectivity index (χ3v) is 4.34. The van der Waals surface area contributed by atoms with Crippen molar-refractivity contribution in [3.63, 3.8) is 0 Å². The molecule has 5 heteroatoms. The molecule has 2 aliphatic heterocycles. The molecule has 0 saturated carbocycles. The van der Waals surface area contributed by atoms with E-state index in [4.69, 9.17) is 0 Å². The molecule has 1 fully saturated rings. The lowest BCUT2D eigenvalue weighted by atomic mass is 9.81. The van der Waals surface area contributed by atoms with Crippen LogP contribution in [0.3, 0.4) is 0 Å². The van der Waals surface area contributed by atoms with Gasteiger partial charge in [-0.3, -0.25) is 4.79 Å². The Bertz CT molecular complexity index is 585. The van der Waals surface area contributed by atoms with Gasteiger partial charge in [0.05, 0.1) is 5.41 Å². The summed E-state index contributed by atoms with van der Waals surface area (Å²) >= 11 is 0. The third kappa shape index (κ3) is 2.26. The lowest BCUT2D eigenvalue weighted by molar-refractivity contribution is -0.120. The Morgan fingerprint density at radius 3 is 2.95 bits per heavy atom. The van der Waals surface area contributed by atoms with Crippen LogP contribution in [0.5, 0.6) is 0 Å². The first-order valence-corrected chi connectivity index (χ1v) is 7.47. The molecule has 1 atom stereocenters. The van der Waals surface area contributed by atoms with Crippen molar-refractivity contribution < 1.29 is 9.59 Å². The highest BCUT2D eigenvalue weighted by atomic mass is 16.2. The molecule has 21 heavy (non-hydrogen) atoms. The van der Waals surface area contributed by atoms with E-state index in [9.17, 15) is 9.59 Å². The molecular formula is C16H21N3O2. The van der Waals surface area contributed by atoms with Crippen molar-refractivity contribution in [2.24, 2.45) is 5.92 Å².